The van der Waals surface area contributed by atoms with Gasteiger partial charge in [0, 0.05) is 29.2 Å². The summed E-state index contributed by atoms with van der Waals surface area (Å²) in [5, 5.41) is 29.0. The van der Waals surface area contributed by atoms with Gasteiger partial charge in [0.25, 0.3) is 0 Å². The Kier molecular flexibility index (Phi) is 4.22. The van der Waals surface area contributed by atoms with Crippen LogP contribution in [0.25, 0.3) is 0 Å². The molecular weight excluding hydrogens is 304 g/mol. The monoisotopic (exact) mass is 318 g/mol. The van der Waals surface area contributed by atoms with Gasteiger partial charge in [-0.05, 0) is 0 Å². The molecule has 118 valence electrons. The highest BCUT2D eigenvalue weighted by molar-refractivity contribution is 5.97. The number of hydrogen-bond donors (Lipinski definition) is 1. The van der Waals surface area contributed by atoms with Crippen molar-refractivity contribution in [2.75, 3.05) is 0 Å². The summed E-state index contributed by atoms with van der Waals surface area (Å²) in [4.78, 5) is 24.0. The van der Waals surface area contributed by atoms with E-state index < -0.39 is 29.0 Å². The number of ketones is 1. The topological polar surface area (TPSA) is 132 Å². The Morgan fingerprint density at radius 3 is 2.25 bits per heavy atom. The molecule has 0 bridgehead atoms. The smallest absolute Gasteiger partial charge is 0.174 e. The highest BCUT2D eigenvalue weighted by Crippen LogP contribution is 2.58. The van der Waals surface area contributed by atoms with Crippen LogP contribution in [0, 0.1) is 50.7 Å². The van der Waals surface area contributed by atoms with Crippen LogP contribution >= 0.6 is 0 Å². The molecule has 6 nitrogen and oxygen atoms in total. The van der Waals surface area contributed by atoms with Crippen molar-refractivity contribution in [3.8, 4) is 18.2 Å². The van der Waals surface area contributed by atoms with Gasteiger partial charge < -0.3 is 5.73 Å². The number of nitriles is 3. The van der Waals surface area contributed by atoms with Crippen molar-refractivity contribution in [2.24, 2.45) is 22.5 Å². The van der Waals surface area contributed by atoms with E-state index in [1.54, 1.807) is 30.3 Å². The molecule has 2 atom stereocenters. The van der Waals surface area contributed by atoms with Crippen LogP contribution in [0.5, 0.6) is 0 Å². The van der Waals surface area contributed by atoms with Gasteiger partial charge in [-0.15, -0.1) is 0 Å². The third-order valence-corrected chi connectivity index (χ3v) is 4.75. The van der Waals surface area contributed by atoms with E-state index in [1.165, 1.54) is 6.92 Å². The SMILES string of the molecule is C[C@H]1C(C=O)=C(N)[C@@](C#N)(CC(=O)c2ccccc2)C1(C#N)C#N. The first kappa shape index (κ1) is 16.9. The molecule has 0 spiro atoms. The standard InChI is InChI=1S/C18H14N4O2/c1-12-14(8-23)16(22)17(9-19,18(12,10-20)11-21)7-15(24)13-5-3-2-4-6-13/h2-6,8,12H,7,22H2,1H3/t12-,17-/m0/s1. The molecule has 0 radical (unpaired) electrons. The molecule has 0 unspecified atom stereocenters. The zero-order valence-electron chi connectivity index (χ0n) is 13.0. The molecule has 0 fully saturated rings. The molecule has 1 aliphatic carbocycles. The molecule has 2 N–H and O–H groups in total. The average Bonchev–Trinajstić information content (AvgIpc) is 2.79. The Morgan fingerprint density at radius 2 is 1.79 bits per heavy atom. The van der Waals surface area contributed by atoms with Crippen LogP contribution < -0.4 is 5.73 Å². The maximum Gasteiger partial charge on any atom is 0.174 e. The van der Waals surface area contributed by atoms with E-state index in [4.69, 9.17) is 5.73 Å². The molecule has 0 aliphatic heterocycles. The number of rotatable bonds is 4. The number of nitrogens with two attached hydrogens (primary N) is 1. The number of Topliss-reactive ketones (excluding diaryl/α,β-unsaturated/α-hetero) is 1. The molecule has 1 aliphatic rings. The van der Waals surface area contributed by atoms with Crippen LogP contribution in [0.2, 0.25) is 0 Å². The average molecular weight is 318 g/mol. The van der Waals surface area contributed by atoms with E-state index >= 15 is 0 Å². The molecule has 2 rings (SSSR count). The van der Waals surface area contributed by atoms with Crippen molar-refractivity contribution in [3.05, 3.63) is 47.2 Å². The number of allylic oxidation sites excluding steroid dienone is 2. The molecule has 0 saturated carbocycles. The molecular formula is C18H14N4O2. The summed E-state index contributed by atoms with van der Waals surface area (Å²) >= 11 is 0. The van der Waals surface area contributed by atoms with Crippen molar-refractivity contribution in [1.82, 2.24) is 0 Å². The molecule has 24 heavy (non-hydrogen) atoms. The van der Waals surface area contributed by atoms with Gasteiger partial charge in [0.2, 0.25) is 0 Å². The number of nitrogens with zero attached hydrogens (tertiary/aromatic N) is 3. The van der Waals surface area contributed by atoms with E-state index in [2.05, 4.69) is 0 Å². The van der Waals surface area contributed by atoms with E-state index in [0.29, 0.717) is 11.8 Å². The minimum absolute atomic E-state index is 0.0283. The number of aldehydes is 1. The Hall–Kier alpha value is -3.43. The van der Waals surface area contributed by atoms with Crippen molar-refractivity contribution in [3.63, 3.8) is 0 Å². The lowest BCUT2D eigenvalue weighted by atomic mass is 9.60. The summed E-state index contributed by atoms with van der Waals surface area (Å²) in [6.07, 6.45) is 0.0116. The second kappa shape index (κ2) is 5.99. The lowest BCUT2D eigenvalue weighted by Crippen LogP contribution is -2.43. The van der Waals surface area contributed by atoms with Gasteiger partial charge in [-0.25, -0.2) is 0 Å². The molecule has 0 amide bonds. The number of carbonyl (C=O) groups is 2. The summed E-state index contributed by atoms with van der Waals surface area (Å²) in [5.41, 5.74) is 2.44. The predicted octanol–water partition coefficient (Wildman–Crippen LogP) is 1.86. The zero-order valence-corrected chi connectivity index (χ0v) is 13.0. The van der Waals surface area contributed by atoms with Crippen molar-refractivity contribution < 1.29 is 9.59 Å². The fourth-order valence-corrected chi connectivity index (χ4v) is 3.26. The van der Waals surface area contributed by atoms with Crippen LogP contribution in [-0.2, 0) is 4.79 Å². The van der Waals surface area contributed by atoms with Crippen molar-refractivity contribution in [2.45, 2.75) is 13.3 Å². The van der Waals surface area contributed by atoms with Gasteiger partial charge in [0.15, 0.2) is 11.2 Å². The maximum atomic E-state index is 12.6. The lowest BCUT2D eigenvalue weighted by molar-refractivity contribution is -0.105. The third-order valence-electron chi connectivity index (χ3n) is 4.75. The van der Waals surface area contributed by atoms with Crippen molar-refractivity contribution in [1.29, 1.82) is 15.8 Å². The fraction of sp³-hybridized carbons (Fsp3) is 0.278. The molecule has 0 saturated heterocycles. The molecule has 1 aromatic carbocycles. The normalized spacial score (nSPS) is 24.5. The zero-order chi connectivity index (χ0) is 18.0. The van der Waals surface area contributed by atoms with E-state index in [0.717, 1.165) is 0 Å². The van der Waals surface area contributed by atoms with Gasteiger partial charge in [-0.3, -0.25) is 9.59 Å². The second-order valence-corrected chi connectivity index (χ2v) is 5.72. The van der Waals surface area contributed by atoms with Gasteiger partial charge in [0.05, 0.1) is 18.2 Å². The summed E-state index contributed by atoms with van der Waals surface area (Å²) in [7, 11) is 0. The summed E-state index contributed by atoms with van der Waals surface area (Å²) in [6.45, 7) is 1.50. The van der Waals surface area contributed by atoms with Crippen LogP contribution in [0.1, 0.15) is 23.7 Å². The fourth-order valence-electron chi connectivity index (χ4n) is 3.26. The van der Waals surface area contributed by atoms with Gasteiger partial charge in [0.1, 0.15) is 11.7 Å². The molecule has 0 aromatic heterocycles. The first-order chi connectivity index (χ1) is 11.4. The highest BCUT2D eigenvalue weighted by atomic mass is 16.1. The Bertz CT molecular complexity index is 838. The highest BCUT2D eigenvalue weighted by Gasteiger charge is 2.65. The largest absolute Gasteiger partial charge is 0.400 e. The van der Waals surface area contributed by atoms with Crippen LogP contribution in [0.3, 0.4) is 0 Å². The molecule has 6 heteroatoms. The van der Waals surface area contributed by atoms with Gasteiger partial charge in [-0.2, -0.15) is 15.8 Å². The third kappa shape index (κ3) is 2.00. The van der Waals surface area contributed by atoms with Gasteiger partial charge >= 0.3 is 0 Å². The van der Waals surface area contributed by atoms with Crippen molar-refractivity contribution >= 4 is 12.1 Å². The number of benzene rings is 1. The van der Waals surface area contributed by atoms with E-state index in [1.807, 2.05) is 18.2 Å². The summed E-state index contributed by atoms with van der Waals surface area (Å²) < 4.78 is 0. The van der Waals surface area contributed by atoms with Crippen LogP contribution in [-0.4, -0.2) is 12.1 Å². The first-order valence-corrected chi connectivity index (χ1v) is 7.21. The number of hydrogen-bond acceptors (Lipinski definition) is 6. The molecule has 1 aromatic rings. The second-order valence-electron chi connectivity index (χ2n) is 5.72. The van der Waals surface area contributed by atoms with Crippen LogP contribution in [0.15, 0.2) is 41.6 Å². The first-order valence-electron chi connectivity index (χ1n) is 7.21. The maximum absolute atomic E-state index is 12.6. The predicted molar refractivity (Wildman–Crippen MR) is 83.5 cm³/mol. The molecule has 0 heterocycles. The Labute approximate surface area is 139 Å². The minimum Gasteiger partial charge on any atom is -0.400 e. The Morgan fingerprint density at radius 1 is 1.21 bits per heavy atom. The lowest BCUT2D eigenvalue weighted by Gasteiger charge is -2.33. The number of carbonyl (C=O) groups excluding carboxylic acids is 2. The quantitative estimate of drug-likeness (QED) is 0.665. The van der Waals surface area contributed by atoms with Gasteiger partial charge in [-0.1, -0.05) is 37.3 Å². The summed E-state index contributed by atoms with van der Waals surface area (Å²) in [5.74, 6) is -1.29. The summed E-state index contributed by atoms with van der Waals surface area (Å²) in [6, 6.07) is 13.8. The Balaban J connectivity index is 2.65. The minimum atomic E-state index is -1.90. The van der Waals surface area contributed by atoms with E-state index in [9.17, 15) is 25.4 Å². The van der Waals surface area contributed by atoms with E-state index in [-0.39, 0.29) is 11.3 Å². The van der Waals surface area contributed by atoms with Crippen LogP contribution in [0.4, 0.5) is 0 Å².